The molecule has 0 unspecified atom stereocenters. The maximum absolute atomic E-state index is 3.91. The molecular formula is C22H32Te. The van der Waals surface area contributed by atoms with Crippen LogP contribution >= 0.6 is 0 Å². The van der Waals surface area contributed by atoms with E-state index in [2.05, 4.69) is 56.5 Å². The summed E-state index contributed by atoms with van der Waals surface area (Å²) in [5, 5.41) is 0. The summed E-state index contributed by atoms with van der Waals surface area (Å²) in [4.78, 5) is 0. The van der Waals surface area contributed by atoms with Crippen LogP contribution in [0.4, 0.5) is 0 Å². The Morgan fingerprint density at radius 1 is 0.913 bits per heavy atom. The van der Waals surface area contributed by atoms with Crippen LogP contribution in [0.2, 0.25) is 0 Å². The fourth-order valence-corrected chi connectivity index (χ4v) is 4.68. The maximum Gasteiger partial charge on any atom is -0.0683 e. The molecule has 1 heteroatoms. The first-order valence-electron chi connectivity index (χ1n) is 8.28. The van der Waals surface area contributed by atoms with Gasteiger partial charge in [0.1, 0.15) is 0 Å². The number of hydrogen-bond acceptors (Lipinski definition) is 0. The number of allylic oxidation sites excluding steroid dienone is 10. The minimum Gasteiger partial charge on any atom is -0.0683 e. The summed E-state index contributed by atoms with van der Waals surface area (Å²) in [5.41, 5.74) is 2.55. The van der Waals surface area contributed by atoms with Gasteiger partial charge in [-0.2, -0.15) is 0 Å². The molecule has 1 aromatic rings. The minimum atomic E-state index is -0.320. The molecule has 0 saturated carbocycles. The summed E-state index contributed by atoms with van der Waals surface area (Å²) < 4.78 is 2.91. The Bertz CT molecular complexity index is 548. The van der Waals surface area contributed by atoms with Crippen molar-refractivity contribution in [1.82, 2.24) is 0 Å². The second-order valence-corrected chi connectivity index (χ2v) is 6.95. The van der Waals surface area contributed by atoms with Crippen molar-refractivity contribution in [2.75, 3.05) is 0 Å². The van der Waals surface area contributed by atoms with Gasteiger partial charge in [0.05, 0.1) is 0 Å². The average Bonchev–Trinajstić information content (AvgIpc) is 3.10. The van der Waals surface area contributed by atoms with Crippen LogP contribution in [0.5, 0.6) is 0 Å². The molecule has 1 heterocycles. The van der Waals surface area contributed by atoms with Crippen molar-refractivity contribution in [3.05, 3.63) is 81.1 Å². The maximum atomic E-state index is 3.91. The topological polar surface area (TPSA) is 0 Å². The molecular weight excluding hydrogens is 392 g/mol. The van der Waals surface area contributed by atoms with Crippen LogP contribution in [0.25, 0.3) is 11.1 Å². The number of rotatable bonds is 6. The van der Waals surface area contributed by atoms with Crippen LogP contribution in [-0.4, -0.2) is 20.4 Å². The van der Waals surface area contributed by atoms with Crippen LogP contribution in [0.1, 0.15) is 48.7 Å². The van der Waals surface area contributed by atoms with Crippen LogP contribution in [0.15, 0.2) is 73.9 Å². The fraction of sp³-hybridized carbons (Fsp3) is 0.273. The van der Waals surface area contributed by atoms with Gasteiger partial charge in [0.2, 0.25) is 0 Å². The predicted molar refractivity (Wildman–Crippen MR) is 112 cm³/mol. The first-order valence-corrected chi connectivity index (χ1v) is 10.6. The summed E-state index contributed by atoms with van der Waals surface area (Å²) >= 11 is -0.320. The normalized spacial score (nSPS) is 11.6. The molecule has 23 heavy (non-hydrogen) atoms. The average molecular weight is 424 g/mol. The molecule has 0 spiro atoms. The van der Waals surface area contributed by atoms with Crippen molar-refractivity contribution < 1.29 is 0 Å². The fourth-order valence-electron chi connectivity index (χ4n) is 1.59. The summed E-state index contributed by atoms with van der Waals surface area (Å²) in [6.07, 6.45) is 16.3. The summed E-state index contributed by atoms with van der Waals surface area (Å²) in [5.74, 6) is 0. The van der Waals surface area contributed by atoms with Gasteiger partial charge in [-0.3, -0.25) is 0 Å². The van der Waals surface area contributed by atoms with Gasteiger partial charge >= 0.3 is 126 Å². The predicted octanol–water partition coefficient (Wildman–Crippen LogP) is 7.09. The van der Waals surface area contributed by atoms with Gasteiger partial charge in [-0.05, 0) is 0 Å². The van der Waals surface area contributed by atoms with Gasteiger partial charge in [0.25, 0.3) is 0 Å². The first-order chi connectivity index (χ1) is 11.3. The minimum absolute atomic E-state index is 0.320. The van der Waals surface area contributed by atoms with Gasteiger partial charge in [0.15, 0.2) is 0 Å². The smallest absolute Gasteiger partial charge is 0.0683 e. The molecule has 1 aromatic heterocycles. The summed E-state index contributed by atoms with van der Waals surface area (Å²) in [6.45, 7) is 19.7. The van der Waals surface area contributed by atoms with Crippen LogP contribution in [-0.2, 0) is 0 Å². The van der Waals surface area contributed by atoms with Crippen molar-refractivity contribution in [3.8, 4) is 0 Å². The van der Waals surface area contributed by atoms with Gasteiger partial charge < -0.3 is 0 Å². The molecule has 0 aromatic carbocycles. The third-order valence-electron chi connectivity index (χ3n) is 2.59. The molecule has 0 aliphatic rings. The third-order valence-corrected chi connectivity index (χ3v) is 5.96. The van der Waals surface area contributed by atoms with Crippen LogP contribution in [0, 0.1) is 0 Å². The van der Waals surface area contributed by atoms with E-state index in [0.29, 0.717) is 0 Å². The Kier molecular flexibility index (Phi) is 17.8. The summed E-state index contributed by atoms with van der Waals surface area (Å²) in [6, 6.07) is 4.48. The monoisotopic (exact) mass is 426 g/mol. The molecule has 0 aliphatic heterocycles. The van der Waals surface area contributed by atoms with E-state index in [1.165, 1.54) is 18.3 Å². The van der Waals surface area contributed by atoms with Gasteiger partial charge in [0, 0.05) is 0 Å². The second-order valence-electron chi connectivity index (χ2n) is 3.85. The molecule has 0 N–H and O–H groups in total. The van der Waals surface area contributed by atoms with Crippen molar-refractivity contribution in [1.29, 1.82) is 0 Å². The van der Waals surface area contributed by atoms with Gasteiger partial charge in [-0.15, -0.1) is 0 Å². The molecule has 0 fully saturated rings. The van der Waals surface area contributed by atoms with Crippen molar-refractivity contribution in [3.63, 3.8) is 0 Å². The molecule has 0 aliphatic carbocycles. The number of hydrogen-bond donors (Lipinski definition) is 0. The summed E-state index contributed by atoms with van der Waals surface area (Å²) in [7, 11) is 0. The Balaban J connectivity index is 0. The molecule has 1 rings (SSSR count). The van der Waals surface area contributed by atoms with Crippen molar-refractivity contribution in [2.45, 2.75) is 41.5 Å². The van der Waals surface area contributed by atoms with E-state index in [9.17, 15) is 0 Å². The quantitative estimate of drug-likeness (QED) is 0.338. The van der Waals surface area contributed by atoms with E-state index in [4.69, 9.17) is 0 Å². The van der Waals surface area contributed by atoms with Gasteiger partial charge in [-0.25, -0.2) is 0 Å². The van der Waals surface area contributed by atoms with Gasteiger partial charge in [-0.1, -0.05) is 27.7 Å². The van der Waals surface area contributed by atoms with E-state index >= 15 is 0 Å². The van der Waals surface area contributed by atoms with E-state index in [0.717, 1.165) is 0 Å². The van der Waals surface area contributed by atoms with Crippen LogP contribution < -0.4 is 0 Å². The molecule has 0 saturated heterocycles. The Labute approximate surface area is 154 Å². The third kappa shape index (κ3) is 9.44. The second kappa shape index (κ2) is 17.1. The van der Waals surface area contributed by atoms with E-state index in [1.54, 1.807) is 0 Å². The van der Waals surface area contributed by atoms with E-state index in [-0.39, 0.29) is 20.4 Å². The molecule has 0 amide bonds. The molecule has 126 valence electrons. The molecule has 0 nitrogen and oxygen atoms in total. The zero-order valence-corrected chi connectivity index (χ0v) is 17.9. The molecule has 0 atom stereocenters. The molecule has 0 radical (unpaired) electrons. The largest absolute Gasteiger partial charge is 0.0683 e. The Morgan fingerprint density at radius 2 is 1.48 bits per heavy atom. The zero-order chi connectivity index (χ0) is 18.1. The standard InChI is InChI=1S/C18H20Te.2C2H6/c1-5-9-11-15(7-3)17-13-14-18(19-17)16(8-4)12-10-6-2;2*1-2/h5-14H,1,4H2,2-3H3;2*1-2H3/b10-6-,11-9-,15-7+,16-12+;;. The Morgan fingerprint density at radius 3 is 1.91 bits per heavy atom. The van der Waals surface area contributed by atoms with Crippen LogP contribution in [0.3, 0.4) is 0 Å². The zero-order valence-electron chi connectivity index (χ0n) is 15.6. The SMILES string of the molecule is C=C/C=C\C(=C/C)c1ccc(/C(C=C)=C/C=C\C)[te]1.CC.CC. The Hall–Kier alpha value is -1.29. The van der Waals surface area contributed by atoms with Crippen molar-refractivity contribution >= 4 is 31.6 Å². The first kappa shape index (κ1) is 24.0. The molecule has 0 bridgehead atoms. The van der Waals surface area contributed by atoms with E-state index in [1.807, 2.05) is 58.9 Å². The van der Waals surface area contributed by atoms with E-state index < -0.39 is 0 Å². The van der Waals surface area contributed by atoms with Crippen molar-refractivity contribution in [2.24, 2.45) is 0 Å².